The van der Waals surface area contributed by atoms with Gasteiger partial charge >= 0.3 is 0 Å². The topological polar surface area (TPSA) is 42.5 Å². The number of hydrogen-bond donors (Lipinski definition) is 2. The fraction of sp³-hybridized carbons (Fsp3) is 0.636. The number of benzene rings is 1. The van der Waals surface area contributed by atoms with E-state index in [1.807, 2.05) is 0 Å². The predicted molar refractivity (Wildman–Crippen MR) is 107 cm³/mol. The van der Waals surface area contributed by atoms with E-state index in [-0.39, 0.29) is 5.41 Å². The van der Waals surface area contributed by atoms with Crippen molar-refractivity contribution in [3.05, 3.63) is 35.0 Å². The lowest BCUT2D eigenvalue weighted by Gasteiger charge is -2.42. The van der Waals surface area contributed by atoms with Gasteiger partial charge in [-0.15, -0.1) is 0 Å². The van der Waals surface area contributed by atoms with Crippen LogP contribution >= 0.6 is 0 Å². The number of likely N-dealkylation sites (tertiary alicyclic amines) is 2. The average molecular weight is 356 g/mol. The minimum atomic E-state index is 0.118. The zero-order chi connectivity index (χ0) is 18.1. The van der Waals surface area contributed by atoms with E-state index < -0.39 is 0 Å². The highest BCUT2D eigenvalue weighted by atomic mass is 16.3. The number of aromatic amines is 1. The summed E-state index contributed by atoms with van der Waals surface area (Å²) in [7, 11) is 0. The van der Waals surface area contributed by atoms with Crippen molar-refractivity contribution in [1.29, 1.82) is 0 Å². The van der Waals surface area contributed by atoms with Gasteiger partial charge in [-0.05, 0) is 83.4 Å². The van der Waals surface area contributed by atoms with Crippen molar-refractivity contribution in [2.45, 2.75) is 46.1 Å². The minimum Gasteiger partial charge on any atom is -0.396 e. The number of nitrogens with zero attached hydrogens (tertiary/aromatic N) is 2. The number of fused-ring (bicyclic) bond motifs is 1. The van der Waals surface area contributed by atoms with Crippen LogP contribution in [0.2, 0.25) is 0 Å². The molecular formula is C22H33N3O. The Morgan fingerprint density at radius 2 is 1.77 bits per heavy atom. The Hall–Kier alpha value is -1.36. The molecule has 0 aliphatic carbocycles. The Labute approximate surface area is 157 Å². The number of aliphatic hydroxyl groups is 1. The molecule has 0 radical (unpaired) electrons. The molecule has 2 saturated heterocycles. The summed E-state index contributed by atoms with van der Waals surface area (Å²) in [6, 6.07) is 6.66. The average Bonchev–Trinajstić information content (AvgIpc) is 3.26. The van der Waals surface area contributed by atoms with Crippen molar-refractivity contribution in [1.82, 2.24) is 14.8 Å². The van der Waals surface area contributed by atoms with Gasteiger partial charge in [-0.1, -0.05) is 11.6 Å². The van der Waals surface area contributed by atoms with Crippen molar-refractivity contribution in [3.8, 4) is 0 Å². The molecule has 142 valence electrons. The van der Waals surface area contributed by atoms with Crippen LogP contribution in [0.4, 0.5) is 0 Å². The smallest absolute Gasteiger partial charge is 0.0500 e. The van der Waals surface area contributed by atoms with E-state index in [9.17, 15) is 5.11 Å². The second kappa shape index (κ2) is 7.34. The lowest BCUT2D eigenvalue weighted by atomic mass is 9.78. The third kappa shape index (κ3) is 3.55. The van der Waals surface area contributed by atoms with Crippen LogP contribution in [0.25, 0.3) is 10.9 Å². The molecule has 4 heteroatoms. The second-order valence-corrected chi connectivity index (χ2v) is 8.70. The first-order valence-corrected chi connectivity index (χ1v) is 10.2. The summed E-state index contributed by atoms with van der Waals surface area (Å²) in [5.74, 6) is 0. The summed E-state index contributed by atoms with van der Waals surface area (Å²) >= 11 is 0. The normalized spacial score (nSPS) is 21.7. The molecule has 3 heterocycles. The largest absolute Gasteiger partial charge is 0.396 e. The van der Waals surface area contributed by atoms with Gasteiger partial charge in [0.15, 0.2) is 0 Å². The van der Waals surface area contributed by atoms with Crippen LogP contribution in [0.1, 0.15) is 42.5 Å². The van der Waals surface area contributed by atoms with E-state index in [0.717, 1.165) is 39.0 Å². The van der Waals surface area contributed by atoms with Crippen molar-refractivity contribution < 1.29 is 5.11 Å². The van der Waals surface area contributed by atoms with Crippen LogP contribution in [0, 0.1) is 19.3 Å². The first kappa shape index (κ1) is 18.0. The molecule has 2 aromatic rings. The Morgan fingerprint density at radius 1 is 1.04 bits per heavy atom. The molecule has 0 unspecified atom stereocenters. The van der Waals surface area contributed by atoms with Gasteiger partial charge in [-0.25, -0.2) is 0 Å². The summed E-state index contributed by atoms with van der Waals surface area (Å²) in [4.78, 5) is 8.76. The Bertz CT molecular complexity index is 752. The molecule has 0 saturated carbocycles. The number of hydrogen-bond acceptors (Lipinski definition) is 3. The lowest BCUT2D eigenvalue weighted by molar-refractivity contribution is 0.0162. The Kier molecular flexibility index (Phi) is 5.09. The second-order valence-electron chi connectivity index (χ2n) is 8.70. The van der Waals surface area contributed by atoms with E-state index in [4.69, 9.17) is 0 Å². The van der Waals surface area contributed by atoms with E-state index in [1.54, 1.807) is 0 Å². The fourth-order valence-corrected chi connectivity index (χ4v) is 4.84. The number of nitrogens with one attached hydrogen (secondary N) is 1. The maximum atomic E-state index is 10.1. The number of H-pyrrole nitrogens is 1. The number of piperidine rings is 1. The molecule has 0 atom stereocenters. The maximum Gasteiger partial charge on any atom is 0.0500 e. The monoisotopic (exact) mass is 355 g/mol. The molecule has 2 N–H and O–H groups in total. The molecule has 26 heavy (non-hydrogen) atoms. The molecule has 0 bridgehead atoms. The number of aryl methyl sites for hydroxylation is 2. The van der Waals surface area contributed by atoms with Gasteiger partial charge in [-0.2, -0.15) is 0 Å². The molecule has 2 fully saturated rings. The standard InChI is InChI=1S/C22H33N3O/c1-17-5-6-20-19(13-17)18(2)21(23-20)14-24-11-7-22(16-26,8-12-24)15-25-9-3-4-10-25/h5-6,13,23,26H,3-4,7-12,14-16H2,1-2H3. The maximum absolute atomic E-state index is 10.1. The fourth-order valence-electron chi connectivity index (χ4n) is 4.84. The van der Waals surface area contributed by atoms with Gasteiger partial charge in [0.1, 0.15) is 0 Å². The van der Waals surface area contributed by atoms with Gasteiger partial charge < -0.3 is 15.0 Å². The highest BCUT2D eigenvalue weighted by Crippen LogP contribution is 2.34. The molecular weight excluding hydrogens is 322 g/mol. The summed E-state index contributed by atoms with van der Waals surface area (Å²) < 4.78 is 0. The van der Waals surface area contributed by atoms with Crippen molar-refractivity contribution in [2.75, 3.05) is 39.3 Å². The zero-order valence-electron chi connectivity index (χ0n) is 16.4. The Morgan fingerprint density at radius 3 is 2.46 bits per heavy atom. The van der Waals surface area contributed by atoms with Gasteiger partial charge in [0.2, 0.25) is 0 Å². The third-order valence-corrected chi connectivity index (χ3v) is 6.71. The molecule has 1 aromatic carbocycles. The summed E-state index contributed by atoms with van der Waals surface area (Å²) in [5, 5.41) is 11.4. The number of rotatable bonds is 5. The zero-order valence-corrected chi connectivity index (χ0v) is 16.4. The predicted octanol–water partition coefficient (Wildman–Crippen LogP) is 3.46. The van der Waals surface area contributed by atoms with Gasteiger partial charge in [0.25, 0.3) is 0 Å². The molecule has 2 aliphatic heterocycles. The number of aromatic nitrogens is 1. The lowest BCUT2D eigenvalue weighted by Crippen LogP contribution is -2.47. The van der Waals surface area contributed by atoms with Crippen LogP contribution in [-0.4, -0.2) is 59.2 Å². The van der Waals surface area contributed by atoms with E-state index in [2.05, 4.69) is 46.8 Å². The highest BCUT2D eigenvalue weighted by Gasteiger charge is 2.36. The third-order valence-electron chi connectivity index (χ3n) is 6.71. The van der Waals surface area contributed by atoms with Crippen molar-refractivity contribution in [2.24, 2.45) is 5.41 Å². The molecule has 0 amide bonds. The van der Waals surface area contributed by atoms with Crippen LogP contribution in [0.5, 0.6) is 0 Å². The minimum absolute atomic E-state index is 0.118. The van der Waals surface area contributed by atoms with Gasteiger partial charge in [0, 0.05) is 35.1 Å². The van der Waals surface area contributed by atoms with E-state index >= 15 is 0 Å². The first-order valence-electron chi connectivity index (χ1n) is 10.2. The quantitative estimate of drug-likeness (QED) is 0.863. The van der Waals surface area contributed by atoms with Crippen molar-refractivity contribution in [3.63, 3.8) is 0 Å². The molecule has 0 spiro atoms. The highest BCUT2D eigenvalue weighted by molar-refractivity contribution is 5.85. The van der Waals surface area contributed by atoms with Crippen LogP contribution in [0.3, 0.4) is 0 Å². The summed E-state index contributed by atoms with van der Waals surface area (Å²) in [6.07, 6.45) is 4.87. The Balaban J connectivity index is 1.41. The summed E-state index contributed by atoms with van der Waals surface area (Å²) in [6.45, 7) is 11.4. The van der Waals surface area contributed by atoms with Crippen LogP contribution in [-0.2, 0) is 6.54 Å². The van der Waals surface area contributed by atoms with Gasteiger partial charge in [0.05, 0.1) is 6.61 Å². The number of aliphatic hydroxyl groups excluding tert-OH is 1. The van der Waals surface area contributed by atoms with E-state index in [1.165, 1.54) is 53.7 Å². The summed E-state index contributed by atoms with van der Waals surface area (Å²) in [5.41, 5.74) is 5.42. The van der Waals surface area contributed by atoms with Crippen LogP contribution < -0.4 is 0 Å². The van der Waals surface area contributed by atoms with Crippen LogP contribution in [0.15, 0.2) is 18.2 Å². The van der Waals surface area contributed by atoms with Crippen molar-refractivity contribution >= 4 is 10.9 Å². The first-order chi connectivity index (χ1) is 12.6. The molecule has 4 nitrogen and oxygen atoms in total. The molecule has 4 rings (SSSR count). The molecule has 1 aromatic heterocycles. The van der Waals surface area contributed by atoms with E-state index in [0.29, 0.717) is 6.61 Å². The van der Waals surface area contributed by atoms with Gasteiger partial charge in [-0.3, -0.25) is 4.90 Å². The molecule has 2 aliphatic rings. The SMILES string of the molecule is Cc1ccc2[nH]c(CN3CCC(CO)(CN4CCCC4)CC3)c(C)c2c1.